The molecule has 0 aromatic heterocycles. The molecule has 0 saturated carbocycles. The third kappa shape index (κ3) is 23.4. The molecule has 0 radical (unpaired) electrons. The minimum atomic E-state index is -1.80. The predicted molar refractivity (Wildman–Crippen MR) is 194 cm³/mol. The van der Waals surface area contributed by atoms with Gasteiger partial charge in [0.1, 0.15) is 6.10 Å². The Morgan fingerprint density at radius 2 is 0.795 bits per heavy atom. The molecule has 0 spiro atoms. The maximum Gasteiger partial charge on any atom is 0.158 e. The first-order valence-electron chi connectivity index (χ1n) is 18.8. The summed E-state index contributed by atoms with van der Waals surface area (Å²) >= 11 is 4.41. The number of hydrogen-bond acceptors (Lipinski definition) is 5. The molecule has 0 aromatic carbocycles. The third-order valence-electron chi connectivity index (χ3n) is 8.84. The van der Waals surface area contributed by atoms with Crippen LogP contribution >= 0.6 is 12.6 Å². The quantitative estimate of drug-likeness (QED) is 0.0284. The maximum absolute atomic E-state index is 13.0. The van der Waals surface area contributed by atoms with Crippen molar-refractivity contribution in [3.05, 3.63) is 24.3 Å². The highest BCUT2D eigenvalue weighted by Crippen LogP contribution is 2.28. The van der Waals surface area contributed by atoms with E-state index in [2.05, 4.69) is 50.8 Å². The van der Waals surface area contributed by atoms with Crippen molar-refractivity contribution in [3.63, 3.8) is 0 Å². The SMILES string of the molecule is CCCCCCCC/C=C\CCCCCCCC(=O)C(S)(C(=O)CCCCCCC/C=C\CCCCCCCC)C(O)CO. The lowest BCUT2D eigenvalue weighted by molar-refractivity contribution is -0.135. The largest absolute Gasteiger partial charge is 0.394 e. The van der Waals surface area contributed by atoms with E-state index in [-0.39, 0.29) is 24.4 Å². The molecule has 0 fully saturated rings. The van der Waals surface area contributed by atoms with Gasteiger partial charge in [-0.3, -0.25) is 9.59 Å². The molecule has 258 valence electrons. The number of allylic oxidation sites excluding steroid dienone is 4. The number of carbonyl (C=O) groups is 2. The Hall–Kier alpha value is -0.910. The van der Waals surface area contributed by atoms with Gasteiger partial charge in [0.15, 0.2) is 16.3 Å². The summed E-state index contributed by atoms with van der Waals surface area (Å²) in [6.07, 6.45) is 38.9. The van der Waals surface area contributed by atoms with Crippen molar-refractivity contribution in [2.75, 3.05) is 6.61 Å². The van der Waals surface area contributed by atoms with Crippen LogP contribution in [0, 0.1) is 0 Å². The smallest absolute Gasteiger partial charge is 0.158 e. The van der Waals surface area contributed by atoms with Crippen LogP contribution in [0.4, 0.5) is 0 Å². The highest BCUT2D eigenvalue weighted by atomic mass is 32.1. The molecule has 4 nitrogen and oxygen atoms in total. The molecular formula is C39H72O4S. The normalized spacial score (nSPS) is 12.9. The second-order valence-corrected chi connectivity index (χ2v) is 13.7. The summed E-state index contributed by atoms with van der Waals surface area (Å²) in [4.78, 5) is 26.0. The fourth-order valence-electron chi connectivity index (χ4n) is 5.75. The van der Waals surface area contributed by atoms with Gasteiger partial charge in [-0.25, -0.2) is 0 Å². The summed E-state index contributed by atoms with van der Waals surface area (Å²) < 4.78 is -1.80. The lowest BCUT2D eigenvalue weighted by Gasteiger charge is -2.30. The van der Waals surface area contributed by atoms with Gasteiger partial charge in [0, 0.05) is 12.8 Å². The van der Waals surface area contributed by atoms with E-state index in [1.807, 2.05) is 0 Å². The molecule has 44 heavy (non-hydrogen) atoms. The summed E-state index contributed by atoms with van der Waals surface area (Å²) in [7, 11) is 0. The standard InChI is InChI=1S/C39H72O4S/c1-3-5-7-9-11-13-15-17-19-21-23-25-27-29-31-33-36(41)39(44,38(43)35-40)37(42)34-32-30-28-26-24-22-20-18-16-14-12-10-8-6-4-2/h17-20,38,40,43-44H,3-16,21-35H2,1-2H3/b19-17-,20-18-. The molecule has 0 aliphatic carbocycles. The van der Waals surface area contributed by atoms with Crippen molar-refractivity contribution in [2.45, 2.75) is 204 Å². The van der Waals surface area contributed by atoms with Crippen molar-refractivity contribution in [1.82, 2.24) is 0 Å². The number of unbranched alkanes of at least 4 members (excludes halogenated alkanes) is 22. The third-order valence-corrected chi connectivity index (χ3v) is 9.63. The molecule has 5 heteroatoms. The fraction of sp³-hybridized carbons (Fsp3) is 0.846. The van der Waals surface area contributed by atoms with Gasteiger partial charge in [-0.2, -0.15) is 12.6 Å². The average Bonchev–Trinajstić information content (AvgIpc) is 3.03. The maximum atomic E-state index is 13.0. The molecule has 1 unspecified atom stereocenters. The van der Waals surface area contributed by atoms with Crippen LogP contribution in [0.5, 0.6) is 0 Å². The highest BCUT2D eigenvalue weighted by Gasteiger charge is 2.46. The number of rotatable bonds is 34. The Kier molecular flexibility index (Phi) is 31.4. The van der Waals surface area contributed by atoms with Crippen LogP contribution in [0.15, 0.2) is 24.3 Å². The summed E-state index contributed by atoms with van der Waals surface area (Å²) in [5, 5.41) is 19.9. The van der Waals surface area contributed by atoms with E-state index in [1.54, 1.807) is 0 Å². The van der Waals surface area contributed by atoms with Crippen LogP contribution in [0.25, 0.3) is 0 Å². The molecular weight excluding hydrogens is 564 g/mol. The lowest BCUT2D eigenvalue weighted by atomic mass is 9.86. The Bertz CT molecular complexity index is 665. The Morgan fingerprint density at radius 3 is 1.09 bits per heavy atom. The molecule has 0 heterocycles. The Morgan fingerprint density at radius 1 is 0.523 bits per heavy atom. The van der Waals surface area contributed by atoms with Gasteiger partial charge >= 0.3 is 0 Å². The van der Waals surface area contributed by atoms with Gasteiger partial charge < -0.3 is 10.2 Å². The second-order valence-electron chi connectivity index (χ2n) is 13.0. The zero-order valence-corrected chi connectivity index (χ0v) is 29.9. The van der Waals surface area contributed by atoms with Crippen molar-refractivity contribution in [3.8, 4) is 0 Å². The number of aliphatic hydroxyl groups excluding tert-OH is 2. The first-order valence-corrected chi connectivity index (χ1v) is 19.3. The van der Waals surface area contributed by atoms with Gasteiger partial charge in [0.25, 0.3) is 0 Å². The van der Waals surface area contributed by atoms with Gasteiger partial charge in [0.2, 0.25) is 0 Å². The molecule has 0 rings (SSSR count). The van der Waals surface area contributed by atoms with Crippen LogP contribution in [0.3, 0.4) is 0 Å². The molecule has 0 aliphatic rings. The zero-order chi connectivity index (χ0) is 32.6. The van der Waals surface area contributed by atoms with Crippen LogP contribution < -0.4 is 0 Å². The van der Waals surface area contributed by atoms with Crippen molar-refractivity contribution >= 4 is 24.2 Å². The lowest BCUT2D eigenvalue weighted by Crippen LogP contribution is -2.52. The molecule has 2 N–H and O–H groups in total. The predicted octanol–water partition coefficient (Wildman–Crippen LogP) is 11.2. The topological polar surface area (TPSA) is 74.6 Å². The Labute approximate surface area is 278 Å². The molecule has 1 atom stereocenters. The summed E-state index contributed by atoms with van der Waals surface area (Å²) in [6, 6.07) is 0. The van der Waals surface area contributed by atoms with E-state index in [4.69, 9.17) is 0 Å². The zero-order valence-electron chi connectivity index (χ0n) is 29.1. The number of Topliss-reactive ketones (excluding diaryl/α,β-unsaturated/α-hetero) is 2. The average molecular weight is 637 g/mol. The summed E-state index contributed by atoms with van der Waals surface area (Å²) in [5.41, 5.74) is 0. The molecule has 0 bridgehead atoms. The van der Waals surface area contributed by atoms with Crippen molar-refractivity contribution < 1.29 is 19.8 Å². The van der Waals surface area contributed by atoms with Crippen LogP contribution in [0.2, 0.25) is 0 Å². The molecule has 0 aromatic rings. The van der Waals surface area contributed by atoms with Crippen molar-refractivity contribution in [1.29, 1.82) is 0 Å². The van der Waals surface area contributed by atoms with E-state index >= 15 is 0 Å². The molecule has 0 saturated heterocycles. The minimum Gasteiger partial charge on any atom is -0.394 e. The fourth-order valence-corrected chi connectivity index (χ4v) is 6.06. The van der Waals surface area contributed by atoms with Crippen LogP contribution in [0.1, 0.15) is 194 Å². The Balaban J connectivity index is 4.02. The van der Waals surface area contributed by atoms with Gasteiger partial charge in [-0.05, 0) is 64.2 Å². The summed E-state index contributed by atoms with van der Waals surface area (Å²) in [6.45, 7) is 3.87. The van der Waals surface area contributed by atoms with E-state index in [1.165, 1.54) is 89.9 Å². The van der Waals surface area contributed by atoms with Gasteiger partial charge in [-0.1, -0.05) is 141 Å². The molecule has 0 aliphatic heterocycles. The summed E-state index contributed by atoms with van der Waals surface area (Å²) in [5.74, 6) is -0.699. The highest BCUT2D eigenvalue weighted by molar-refractivity contribution is 7.83. The van der Waals surface area contributed by atoms with Crippen LogP contribution in [-0.4, -0.2) is 39.2 Å². The van der Waals surface area contributed by atoms with Crippen LogP contribution in [-0.2, 0) is 9.59 Å². The van der Waals surface area contributed by atoms with Crippen molar-refractivity contribution in [2.24, 2.45) is 0 Å². The monoisotopic (exact) mass is 637 g/mol. The first-order chi connectivity index (χ1) is 21.4. The number of ketones is 2. The number of thiol groups is 1. The second kappa shape index (κ2) is 32.0. The molecule has 0 amide bonds. The van der Waals surface area contributed by atoms with E-state index in [0.717, 1.165) is 64.2 Å². The first kappa shape index (κ1) is 43.1. The number of hydrogen-bond donors (Lipinski definition) is 3. The number of carbonyl (C=O) groups excluding carboxylic acids is 2. The van der Waals surface area contributed by atoms with Gasteiger partial charge in [0.05, 0.1) is 6.61 Å². The van der Waals surface area contributed by atoms with E-state index < -0.39 is 17.5 Å². The van der Waals surface area contributed by atoms with Gasteiger partial charge in [-0.15, -0.1) is 0 Å². The minimum absolute atomic E-state index is 0.219. The van der Waals surface area contributed by atoms with E-state index in [9.17, 15) is 19.8 Å². The number of aliphatic hydroxyl groups is 2. The van der Waals surface area contributed by atoms with E-state index in [0.29, 0.717) is 12.8 Å².